The third-order valence-electron chi connectivity index (χ3n) is 5.99. The van der Waals surface area contributed by atoms with Crippen LogP contribution in [0.15, 0.2) is 4.99 Å². The Morgan fingerprint density at radius 2 is 1.52 bits per heavy atom. The molecule has 6 nitrogen and oxygen atoms in total. The van der Waals surface area contributed by atoms with Crippen molar-refractivity contribution in [3.63, 3.8) is 0 Å². The highest BCUT2D eigenvalue weighted by atomic mass is 127. The molecule has 2 saturated heterocycles. The first-order valence-electron chi connectivity index (χ1n) is 10.6. The molecule has 1 atom stereocenters. The number of nitrogens with zero attached hydrogens (tertiary/aromatic N) is 4. The van der Waals surface area contributed by atoms with Crippen molar-refractivity contribution in [1.29, 1.82) is 0 Å². The van der Waals surface area contributed by atoms with Gasteiger partial charge < -0.3 is 15.1 Å². The Balaban J connectivity index is 0.00000364. The molecule has 2 heterocycles. The lowest BCUT2D eigenvalue weighted by Crippen LogP contribution is -2.53. The Kier molecular flexibility index (Phi) is 11.6. The topological polar surface area (TPSA) is 51.2 Å². The Hall–Kier alpha value is -0.570. The fourth-order valence-electron chi connectivity index (χ4n) is 4.31. The van der Waals surface area contributed by atoms with E-state index in [1.54, 1.807) is 6.92 Å². The largest absolute Gasteiger partial charge is 0.357 e. The van der Waals surface area contributed by atoms with E-state index in [1.165, 1.54) is 38.8 Å². The van der Waals surface area contributed by atoms with Gasteiger partial charge in [-0.2, -0.15) is 0 Å². The molecule has 0 radical (unpaired) electrons. The van der Waals surface area contributed by atoms with Gasteiger partial charge in [0.15, 0.2) is 5.96 Å². The average molecular weight is 493 g/mol. The van der Waals surface area contributed by atoms with E-state index < -0.39 is 0 Å². The molecule has 0 aromatic carbocycles. The fourth-order valence-corrected chi connectivity index (χ4v) is 4.31. The predicted octanol–water partition coefficient (Wildman–Crippen LogP) is 2.63. The summed E-state index contributed by atoms with van der Waals surface area (Å²) >= 11 is 0. The number of halogens is 1. The molecule has 0 bridgehead atoms. The lowest BCUT2D eigenvalue weighted by molar-refractivity contribution is -0.130. The van der Waals surface area contributed by atoms with Gasteiger partial charge in [-0.05, 0) is 38.8 Å². The van der Waals surface area contributed by atoms with E-state index in [2.05, 4.69) is 35.9 Å². The van der Waals surface area contributed by atoms with Gasteiger partial charge in [0.2, 0.25) is 5.91 Å². The van der Waals surface area contributed by atoms with Crippen molar-refractivity contribution in [2.75, 3.05) is 52.4 Å². The van der Waals surface area contributed by atoms with Gasteiger partial charge in [-0.25, -0.2) is 0 Å². The zero-order valence-electron chi connectivity index (χ0n) is 17.7. The number of nitrogens with one attached hydrogen (secondary N) is 1. The zero-order chi connectivity index (χ0) is 18.9. The number of piperazine rings is 1. The van der Waals surface area contributed by atoms with Crippen molar-refractivity contribution in [2.45, 2.75) is 59.4 Å². The SMILES string of the molecule is CCNC(=NCC(C(CC)CC)N1CCCC1)N1CCN(C(C)=O)CC1.I. The monoisotopic (exact) mass is 493 g/mol. The van der Waals surface area contributed by atoms with Gasteiger partial charge in [-0.1, -0.05) is 26.7 Å². The van der Waals surface area contributed by atoms with Gasteiger partial charge >= 0.3 is 0 Å². The Morgan fingerprint density at radius 3 is 2.00 bits per heavy atom. The third-order valence-corrected chi connectivity index (χ3v) is 5.99. The Bertz CT molecular complexity index is 453. The molecule has 0 saturated carbocycles. The zero-order valence-corrected chi connectivity index (χ0v) is 20.1. The van der Waals surface area contributed by atoms with Crippen LogP contribution < -0.4 is 5.32 Å². The maximum absolute atomic E-state index is 11.6. The maximum Gasteiger partial charge on any atom is 0.219 e. The second kappa shape index (κ2) is 12.8. The lowest BCUT2D eigenvalue weighted by Gasteiger charge is -2.37. The van der Waals surface area contributed by atoms with Crippen LogP contribution in [0.2, 0.25) is 0 Å². The molecule has 2 fully saturated rings. The van der Waals surface area contributed by atoms with Crippen molar-refractivity contribution in [3.8, 4) is 0 Å². The first-order valence-corrected chi connectivity index (χ1v) is 10.6. The number of hydrogen-bond acceptors (Lipinski definition) is 3. The molecule has 0 aromatic heterocycles. The van der Waals surface area contributed by atoms with Crippen molar-refractivity contribution in [3.05, 3.63) is 0 Å². The molecule has 2 aliphatic heterocycles. The minimum atomic E-state index is 0. The second-order valence-electron chi connectivity index (χ2n) is 7.57. The first kappa shape index (κ1) is 24.5. The van der Waals surface area contributed by atoms with Crippen LogP contribution in [0.5, 0.6) is 0 Å². The number of hydrogen-bond donors (Lipinski definition) is 1. The molecule has 1 N–H and O–H groups in total. The standard InChI is InChI=1S/C20H39N5O.HI/c1-5-18(6-2)19(24-10-8-9-11-24)16-22-20(21-7-3)25-14-12-23(13-15-25)17(4)26;/h18-19H,5-16H2,1-4H3,(H,21,22);1H. The summed E-state index contributed by atoms with van der Waals surface area (Å²) in [5.74, 6) is 1.91. The third kappa shape index (κ3) is 7.07. The number of likely N-dealkylation sites (tertiary alicyclic amines) is 1. The molecule has 0 aromatic rings. The average Bonchev–Trinajstić information content (AvgIpc) is 3.18. The van der Waals surface area contributed by atoms with Gasteiger partial charge in [0.25, 0.3) is 0 Å². The number of aliphatic imine (C=N–C) groups is 1. The van der Waals surface area contributed by atoms with E-state index in [0.717, 1.165) is 45.2 Å². The molecule has 1 amide bonds. The summed E-state index contributed by atoms with van der Waals surface area (Å²) in [6.07, 6.45) is 5.10. The van der Waals surface area contributed by atoms with Gasteiger partial charge in [0.05, 0.1) is 6.54 Å². The molecular formula is C20H40IN5O. The number of guanidine groups is 1. The van der Waals surface area contributed by atoms with E-state index in [9.17, 15) is 4.79 Å². The van der Waals surface area contributed by atoms with Crippen molar-refractivity contribution in [2.24, 2.45) is 10.9 Å². The van der Waals surface area contributed by atoms with E-state index in [1.807, 2.05) is 4.90 Å². The molecular weight excluding hydrogens is 453 g/mol. The predicted molar refractivity (Wildman–Crippen MR) is 124 cm³/mol. The van der Waals surface area contributed by atoms with Crippen LogP contribution in [0.4, 0.5) is 0 Å². The van der Waals surface area contributed by atoms with Gasteiger partial charge in [-0.15, -0.1) is 24.0 Å². The van der Waals surface area contributed by atoms with Crippen LogP contribution >= 0.6 is 24.0 Å². The number of carbonyl (C=O) groups is 1. The fraction of sp³-hybridized carbons (Fsp3) is 0.900. The van der Waals surface area contributed by atoms with Crippen LogP contribution in [0.3, 0.4) is 0 Å². The van der Waals surface area contributed by atoms with Crippen LogP contribution in [0.25, 0.3) is 0 Å². The van der Waals surface area contributed by atoms with Crippen LogP contribution in [-0.2, 0) is 4.79 Å². The molecule has 0 spiro atoms. The number of rotatable bonds is 7. The van der Waals surface area contributed by atoms with Gasteiger partial charge in [0, 0.05) is 45.7 Å². The van der Waals surface area contributed by atoms with Gasteiger partial charge in [-0.3, -0.25) is 14.7 Å². The lowest BCUT2D eigenvalue weighted by atomic mass is 9.93. The molecule has 27 heavy (non-hydrogen) atoms. The van der Waals surface area contributed by atoms with E-state index >= 15 is 0 Å². The van der Waals surface area contributed by atoms with Crippen molar-refractivity contribution in [1.82, 2.24) is 20.0 Å². The molecule has 2 rings (SSSR count). The first-order chi connectivity index (χ1) is 12.6. The maximum atomic E-state index is 11.6. The highest BCUT2D eigenvalue weighted by Crippen LogP contribution is 2.23. The summed E-state index contributed by atoms with van der Waals surface area (Å²) in [6.45, 7) is 15.9. The van der Waals surface area contributed by atoms with Crippen LogP contribution in [-0.4, -0.2) is 85.0 Å². The quantitative estimate of drug-likeness (QED) is 0.337. The van der Waals surface area contributed by atoms with Crippen LogP contribution in [0, 0.1) is 5.92 Å². The van der Waals surface area contributed by atoms with Crippen molar-refractivity contribution >= 4 is 35.8 Å². The summed E-state index contributed by atoms with van der Waals surface area (Å²) in [6, 6.07) is 0.555. The van der Waals surface area contributed by atoms with E-state index in [4.69, 9.17) is 4.99 Å². The number of carbonyl (C=O) groups excluding carboxylic acids is 1. The minimum absolute atomic E-state index is 0. The molecule has 158 valence electrons. The molecule has 0 aliphatic carbocycles. The molecule has 2 aliphatic rings. The molecule has 1 unspecified atom stereocenters. The van der Waals surface area contributed by atoms with Crippen LogP contribution in [0.1, 0.15) is 53.4 Å². The smallest absolute Gasteiger partial charge is 0.219 e. The summed E-state index contributed by atoms with van der Waals surface area (Å²) < 4.78 is 0. The van der Waals surface area contributed by atoms with Gasteiger partial charge in [0.1, 0.15) is 0 Å². The highest BCUT2D eigenvalue weighted by molar-refractivity contribution is 14.0. The van der Waals surface area contributed by atoms with E-state index in [-0.39, 0.29) is 29.9 Å². The summed E-state index contributed by atoms with van der Waals surface area (Å²) in [5.41, 5.74) is 0. The number of amides is 1. The highest BCUT2D eigenvalue weighted by Gasteiger charge is 2.28. The molecule has 7 heteroatoms. The van der Waals surface area contributed by atoms with E-state index in [0.29, 0.717) is 12.0 Å². The normalized spacial score (nSPS) is 20.0. The van der Waals surface area contributed by atoms with Crippen molar-refractivity contribution < 1.29 is 4.79 Å². The Labute approximate surface area is 183 Å². The minimum Gasteiger partial charge on any atom is -0.357 e. The second-order valence-corrected chi connectivity index (χ2v) is 7.57. The summed E-state index contributed by atoms with van der Waals surface area (Å²) in [4.78, 5) is 23.5. The summed E-state index contributed by atoms with van der Waals surface area (Å²) in [7, 11) is 0. The Morgan fingerprint density at radius 1 is 0.963 bits per heavy atom. The summed E-state index contributed by atoms with van der Waals surface area (Å²) in [5, 5.41) is 3.47.